The second-order valence-electron chi connectivity index (χ2n) is 9.58. The van der Waals surface area contributed by atoms with Crippen molar-refractivity contribution in [1.82, 2.24) is 5.32 Å². The monoisotopic (exact) mass is 367 g/mol. The maximum atomic E-state index is 12.5. The van der Waals surface area contributed by atoms with Gasteiger partial charge in [0.15, 0.2) is 0 Å². The first-order chi connectivity index (χ1) is 12.9. The van der Waals surface area contributed by atoms with Crippen LogP contribution in [0.4, 0.5) is 0 Å². The Kier molecular flexibility index (Phi) is 5.05. The summed E-state index contributed by atoms with van der Waals surface area (Å²) in [5, 5.41) is 3.29. The van der Waals surface area contributed by atoms with Crippen LogP contribution in [0, 0.1) is 23.2 Å². The van der Waals surface area contributed by atoms with Crippen LogP contribution in [0.1, 0.15) is 64.9 Å². The van der Waals surface area contributed by atoms with Gasteiger partial charge in [-0.2, -0.15) is 0 Å². The summed E-state index contributed by atoms with van der Waals surface area (Å²) in [6.45, 7) is 6.27. The van der Waals surface area contributed by atoms with E-state index in [0.29, 0.717) is 5.41 Å². The van der Waals surface area contributed by atoms with Crippen LogP contribution in [-0.4, -0.2) is 18.1 Å². The number of hydrogen-bond donors (Lipinski definition) is 1. The van der Waals surface area contributed by atoms with Crippen molar-refractivity contribution in [2.45, 2.75) is 71.4 Å². The smallest absolute Gasteiger partial charge is 0.244 e. The molecule has 146 valence electrons. The van der Waals surface area contributed by atoms with Crippen LogP contribution in [0.15, 0.2) is 30.3 Å². The number of amides is 1. The molecule has 1 atom stereocenters. The van der Waals surface area contributed by atoms with E-state index in [4.69, 9.17) is 4.74 Å². The Morgan fingerprint density at radius 3 is 2.11 bits per heavy atom. The molecule has 0 aromatic heterocycles. The number of rotatable bonds is 6. The van der Waals surface area contributed by atoms with E-state index in [1.807, 2.05) is 44.2 Å². The van der Waals surface area contributed by atoms with E-state index >= 15 is 0 Å². The van der Waals surface area contributed by atoms with Crippen molar-refractivity contribution in [3.63, 3.8) is 0 Å². The molecular formula is C24H33NO2. The Morgan fingerprint density at radius 2 is 1.59 bits per heavy atom. The molecule has 0 aliphatic heterocycles. The molecule has 1 unspecified atom stereocenters. The zero-order valence-electron chi connectivity index (χ0n) is 16.9. The highest BCUT2D eigenvalue weighted by molar-refractivity contribution is 5.91. The third-order valence-corrected chi connectivity index (χ3v) is 7.04. The highest BCUT2D eigenvalue weighted by Crippen LogP contribution is 2.61. The standard InChI is InChI=1S/C24H33NO2/c1-16(2)27-22-7-4-18(5-8-22)6-9-23(26)25-17(3)24-13-19-10-20(14-24)12-21(11-19)15-24/h4-9,16-17,19-21H,10-15H2,1-3H3,(H,25,26)/b9-6-. The van der Waals surface area contributed by atoms with Crippen LogP contribution in [-0.2, 0) is 4.79 Å². The molecule has 0 heterocycles. The summed E-state index contributed by atoms with van der Waals surface area (Å²) in [6, 6.07) is 8.16. The first kappa shape index (κ1) is 18.6. The summed E-state index contributed by atoms with van der Waals surface area (Å²) >= 11 is 0. The van der Waals surface area contributed by atoms with Crippen molar-refractivity contribution in [2.75, 3.05) is 0 Å². The largest absolute Gasteiger partial charge is 0.491 e. The lowest BCUT2D eigenvalue weighted by molar-refractivity contribution is -0.121. The lowest BCUT2D eigenvalue weighted by atomic mass is 9.48. The summed E-state index contributed by atoms with van der Waals surface area (Å²) in [5.74, 6) is 3.64. The molecule has 4 aliphatic carbocycles. The van der Waals surface area contributed by atoms with Crippen LogP contribution in [0.25, 0.3) is 6.08 Å². The quantitative estimate of drug-likeness (QED) is 0.701. The molecule has 3 nitrogen and oxygen atoms in total. The molecular weight excluding hydrogens is 334 g/mol. The van der Waals surface area contributed by atoms with Crippen molar-refractivity contribution >= 4 is 12.0 Å². The van der Waals surface area contributed by atoms with Gasteiger partial charge in [-0.3, -0.25) is 4.79 Å². The average Bonchev–Trinajstić information content (AvgIpc) is 2.59. The predicted octanol–water partition coefficient (Wildman–Crippen LogP) is 5.21. The van der Waals surface area contributed by atoms with Crippen molar-refractivity contribution in [2.24, 2.45) is 23.2 Å². The third-order valence-electron chi connectivity index (χ3n) is 7.04. The minimum atomic E-state index is 0.0285. The number of hydrogen-bond acceptors (Lipinski definition) is 2. The number of carbonyl (C=O) groups excluding carboxylic acids is 1. The molecule has 3 heteroatoms. The van der Waals surface area contributed by atoms with Crippen molar-refractivity contribution in [3.8, 4) is 5.75 Å². The lowest BCUT2D eigenvalue weighted by Crippen LogP contribution is -2.55. The van der Waals surface area contributed by atoms with E-state index in [0.717, 1.165) is 29.1 Å². The van der Waals surface area contributed by atoms with Crippen molar-refractivity contribution < 1.29 is 9.53 Å². The second-order valence-corrected chi connectivity index (χ2v) is 9.58. The Balaban J connectivity index is 1.34. The predicted molar refractivity (Wildman–Crippen MR) is 109 cm³/mol. The number of carbonyl (C=O) groups is 1. The SMILES string of the molecule is CC(C)Oc1ccc(/C=C\C(=O)NC(C)C23CC4CC(CC(C4)C2)C3)cc1. The Morgan fingerprint density at radius 1 is 1.04 bits per heavy atom. The van der Waals surface area contributed by atoms with E-state index in [1.54, 1.807) is 6.08 Å². The topological polar surface area (TPSA) is 38.3 Å². The highest BCUT2D eigenvalue weighted by Gasteiger charge is 2.53. The van der Waals surface area contributed by atoms with Crippen LogP contribution < -0.4 is 10.1 Å². The van der Waals surface area contributed by atoms with Gasteiger partial charge >= 0.3 is 0 Å². The molecule has 0 saturated heterocycles. The number of ether oxygens (including phenoxy) is 1. The molecule has 1 N–H and O–H groups in total. The van der Waals surface area contributed by atoms with Gasteiger partial charge in [-0.25, -0.2) is 0 Å². The zero-order valence-corrected chi connectivity index (χ0v) is 16.9. The summed E-state index contributed by atoms with van der Waals surface area (Å²) < 4.78 is 5.66. The van der Waals surface area contributed by atoms with Gasteiger partial charge in [0.05, 0.1) is 6.10 Å². The van der Waals surface area contributed by atoms with Gasteiger partial charge in [0, 0.05) is 12.1 Å². The molecule has 0 radical (unpaired) electrons. The fourth-order valence-corrected chi connectivity index (χ4v) is 6.22. The van der Waals surface area contributed by atoms with Crippen LogP contribution in [0.5, 0.6) is 5.75 Å². The van der Waals surface area contributed by atoms with E-state index in [-0.39, 0.29) is 18.1 Å². The third kappa shape index (κ3) is 4.07. The molecule has 27 heavy (non-hydrogen) atoms. The lowest BCUT2D eigenvalue weighted by Gasteiger charge is -2.59. The van der Waals surface area contributed by atoms with Gasteiger partial charge in [-0.15, -0.1) is 0 Å². The fraction of sp³-hybridized carbons (Fsp3) is 0.625. The van der Waals surface area contributed by atoms with Gasteiger partial charge in [0.25, 0.3) is 0 Å². The van der Waals surface area contributed by atoms with Crippen LogP contribution in [0.2, 0.25) is 0 Å². The number of nitrogens with one attached hydrogen (secondary N) is 1. The van der Waals surface area contributed by atoms with Gasteiger partial charge in [0.2, 0.25) is 5.91 Å². The molecule has 4 bridgehead atoms. The first-order valence-electron chi connectivity index (χ1n) is 10.7. The van der Waals surface area contributed by atoms with Crippen molar-refractivity contribution in [3.05, 3.63) is 35.9 Å². The Bertz CT molecular complexity index is 668. The fourth-order valence-electron chi connectivity index (χ4n) is 6.22. The van der Waals surface area contributed by atoms with Crippen LogP contribution in [0.3, 0.4) is 0 Å². The molecule has 1 aromatic carbocycles. The highest BCUT2D eigenvalue weighted by atomic mass is 16.5. The van der Waals surface area contributed by atoms with Gasteiger partial charge in [0.1, 0.15) is 5.75 Å². The zero-order chi connectivity index (χ0) is 19.0. The number of benzene rings is 1. The summed E-state index contributed by atoms with van der Waals surface area (Å²) in [5.41, 5.74) is 1.37. The van der Waals surface area contributed by atoms with E-state index in [1.165, 1.54) is 38.5 Å². The summed E-state index contributed by atoms with van der Waals surface area (Å²) in [4.78, 5) is 12.5. The normalized spacial score (nSPS) is 32.8. The van der Waals surface area contributed by atoms with Crippen LogP contribution >= 0.6 is 0 Å². The minimum Gasteiger partial charge on any atom is -0.491 e. The van der Waals surface area contributed by atoms with Crippen molar-refractivity contribution in [1.29, 1.82) is 0 Å². The van der Waals surface area contributed by atoms with E-state index < -0.39 is 0 Å². The maximum absolute atomic E-state index is 12.5. The average molecular weight is 368 g/mol. The summed E-state index contributed by atoms with van der Waals surface area (Å²) in [6.07, 6.45) is 12.0. The second kappa shape index (κ2) is 7.33. The Hall–Kier alpha value is -1.77. The molecule has 4 aliphatic rings. The maximum Gasteiger partial charge on any atom is 0.244 e. The molecule has 1 aromatic rings. The van der Waals surface area contributed by atoms with E-state index in [9.17, 15) is 4.79 Å². The first-order valence-corrected chi connectivity index (χ1v) is 10.7. The minimum absolute atomic E-state index is 0.0285. The van der Waals surface area contributed by atoms with Gasteiger partial charge in [-0.05, 0) is 106 Å². The molecule has 5 rings (SSSR count). The molecule has 0 spiro atoms. The molecule has 4 fully saturated rings. The Labute approximate surface area is 163 Å². The molecule has 4 saturated carbocycles. The van der Waals surface area contributed by atoms with E-state index in [2.05, 4.69) is 12.2 Å². The summed E-state index contributed by atoms with van der Waals surface area (Å²) in [7, 11) is 0. The van der Waals surface area contributed by atoms with Gasteiger partial charge in [-0.1, -0.05) is 12.1 Å². The van der Waals surface area contributed by atoms with Gasteiger partial charge < -0.3 is 10.1 Å². The molecule has 1 amide bonds.